The van der Waals surface area contributed by atoms with Gasteiger partial charge in [0.15, 0.2) is 5.82 Å². The van der Waals surface area contributed by atoms with E-state index in [1.165, 1.54) is 0 Å². The first-order chi connectivity index (χ1) is 8.61. The SMILES string of the molecule is Cc1nc(CN(C)c2c(Cl)cccc2C#N)no1. The van der Waals surface area contributed by atoms with Crippen molar-refractivity contribution in [1.82, 2.24) is 10.1 Å². The number of anilines is 1. The quantitative estimate of drug-likeness (QED) is 0.850. The van der Waals surface area contributed by atoms with Gasteiger partial charge in [-0.05, 0) is 12.1 Å². The Balaban J connectivity index is 2.29. The van der Waals surface area contributed by atoms with Gasteiger partial charge < -0.3 is 9.42 Å². The van der Waals surface area contributed by atoms with Crippen molar-refractivity contribution in [2.45, 2.75) is 13.5 Å². The fourth-order valence-electron chi connectivity index (χ4n) is 1.69. The van der Waals surface area contributed by atoms with Crippen LogP contribution in [0.1, 0.15) is 17.3 Å². The summed E-state index contributed by atoms with van der Waals surface area (Å²) >= 11 is 6.12. The molecule has 0 bridgehead atoms. The lowest BCUT2D eigenvalue weighted by molar-refractivity contribution is 0.387. The number of aryl methyl sites for hydroxylation is 1. The van der Waals surface area contributed by atoms with Crippen LogP contribution >= 0.6 is 11.6 Å². The van der Waals surface area contributed by atoms with Gasteiger partial charge >= 0.3 is 0 Å². The Kier molecular flexibility index (Phi) is 3.49. The molecule has 18 heavy (non-hydrogen) atoms. The van der Waals surface area contributed by atoms with E-state index in [9.17, 15) is 0 Å². The zero-order valence-corrected chi connectivity index (χ0v) is 10.8. The van der Waals surface area contributed by atoms with Crippen molar-refractivity contribution in [3.63, 3.8) is 0 Å². The van der Waals surface area contributed by atoms with Gasteiger partial charge in [-0.25, -0.2) is 0 Å². The number of aromatic nitrogens is 2. The van der Waals surface area contributed by atoms with Crippen LogP contribution in [0.5, 0.6) is 0 Å². The first kappa shape index (κ1) is 12.4. The summed E-state index contributed by atoms with van der Waals surface area (Å²) in [6.07, 6.45) is 0. The second-order valence-electron chi connectivity index (χ2n) is 3.83. The van der Waals surface area contributed by atoms with Crippen LogP contribution in [0.3, 0.4) is 0 Å². The van der Waals surface area contributed by atoms with Crippen molar-refractivity contribution in [3.8, 4) is 6.07 Å². The lowest BCUT2D eigenvalue weighted by Crippen LogP contribution is -2.18. The average Bonchev–Trinajstić information content (AvgIpc) is 2.74. The number of nitrogens with zero attached hydrogens (tertiary/aromatic N) is 4. The van der Waals surface area contributed by atoms with Crippen molar-refractivity contribution < 1.29 is 4.52 Å². The van der Waals surface area contributed by atoms with E-state index < -0.39 is 0 Å². The van der Waals surface area contributed by atoms with Crippen LogP contribution in [-0.2, 0) is 6.54 Å². The summed E-state index contributed by atoms with van der Waals surface area (Å²) < 4.78 is 4.90. The van der Waals surface area contributed by atoms with E-state index in [2.05, 4.69) is 16.2 Å². The first-order valence-electron chi connectivity index (χ1n) is 5.30. The molecule has 0 unspecified atom stereocenters. The van der Waals surface area contributed by atoms with Crippen LogP contribution in [0.4, 0.5) is 5.69 Å². The number of hydrogen-bond donors (Lipinski definition) is 0. The fourth-order valence-corrected chi connectivity index (χ4v) is 2.01. The highest BCUT2D eigenvalue weighted by Gasteiger charge is 2.14. The predicted molar refractivity (Wildman–Crippen MR) is 67.3 cm³/mol. The third-order valence-electron chi connectivity index (χ3n) is 2.44. The zero-order valence-electron chi connectivity index (χ0n) is 10.0. The van der Waals surface area contributed by atoms with Crippen LogP contribution in [0.25, 0.3) is 0 Å². The van der Waals surface area contributed by atoms with E-state index in [0.717, 1.165) is 0 Å². The molecule has 0 spiro atoms. The Hall–Kier alpha value is -2.06. The minimum atomic E-state index is 0.426. The summed E-state index contributed by atoms with van der Waals surface area (Å²) in [6, 6.07) is 7.33. The van der Waals surface area contributed by atoms with Gasteiger partial charge in [-0.2, -0.15) is 10.2 Å². The number of benzene rings is 1. The maximum absolute atomic E-state index is 9.08. The molecule has 1 heterocycles. The van der Waals surface area contributed by atoms with Gasteiger partial charge in [0.05, 0.1) is 22.8 Å². The minimum Gasteiger partial charge on any atom is -0.365 e. The predicted octanol–water partition coefficient (Wildman–Crippen LogP) is 2.54. The smallest absolute Gasteiger partial charge is 0.223 e. The molecule has 0 aliphatic carbocycles. The zero-order chi connectivity index (χ0) is 13.1. The molecule has 2 aromatic rings. The Morgan fingerprint density at radius 3 is 2.89 bits per heavy atom. The summed E-state index contributed by atoms with van der Waals surface area (Å²) in [5.74, 6) is 1.07. The molecule has 0 fully saturated rings. The van der Waals surface area contributed by atoms with E-state index >= 15 is 0 Å². The fraction of sp³-hybridized carbons (Fsp3) is 0.250. The molecule has 92 valence electrons. The molecule has 0 N–H and O–H groups in total. The molecule has 0 radical (unpaired) electrons. The van der Waals surface area contributed by atoms with Gasteiger partial charge in [0.1, 0.15) is 6.07 Å². The van der Waals surface area contributed by atoms with Crippen LogP contribution < -0.4 is 4.90 Å². The van der Waals surface area contributed by atoms with Crippen LogP contribution in [0.15, 0.2) is 22.7 Å². The highest BCUT2D eigenvalue weighted by Crippen LogP contribution is 2.29. The van der Waals surface area contributed by atoms with Gasteiger partial charge in [-0.1, -0.05) is 22.8 Å². The summed E-state index contributed by atoms with van der Waals surface area (Å²) in [5, 5.41) is 13.4. The largest absolute Gasteiger partial charge is 0.365 e. The lowest BCUT2D eigenvalue weighted by Gasteiger charge is -2.19. The molecule has 0 saturated heterocycles. The van der Waals surface area contributed by atoms with Gasteiger partial charge in [0, 0.05) is 14.0 Å². The molecule has 6 heteroatoms. The van der Waals surface area contributed by atoms with Crippen LogP contribution in [-0.4, -0.2) is 17.2 Å². The second-order valence-corrected chi connectivity index (χ2v) is 4.24. The van der Waals surface area contributed by atoms with E-state index in [1.54, 1.807) is 25.1 Å². The summed E-state index contributed by atoms with van der Waals surface area (Å²) in [7, 11) is 1.83. The maximum Gasteiger partial charge on any atom is 0.223 e. The Bertz CT molecular complexity index is 602. The van der Waals surface area contributed by atoms with Gasteiger partial charge in [0.25, 0.3) is 0 Å². The minimum absolute atomic E-state index is 0.426. The number of rotatable bonds is 3. The molecular weight excluding hydrogens is 252 g/mol. The highest BCUT2D eigenvalue weighted by molar-refractivity contribution is 6.33. The molecule has 0 saturated carbocycles. The van der Waals surface area contributed by atoms with Crippen LogP contribution in [0.2, 0.25) is 5.02 Å². The van der Waals surface area contributed by atoms with E-state index in [1.807, 2.05) is 11.9 Å². The Morgan fingerprint density at radius 1 is 1.50 bits per heavy atom. The summed E-state index contributed by atoms with van der Waals surface area (Å²) in [4.78, 5) is 5.94. The van der Waals surface area contributed by atoms with Crippen molar-refractivity contribution in [2.24, 2.45) is 0 Å². The normalized spacial score (nSPS) is 10.1. The monoisotopic (exact) mass is 262 g/mol. The van der Waals surface area contributed by atoms with Crippen molar-refractivity contribution >= 4 is 17.3 Å². The molecule has 1 aromatic carbocycles. The standard InChI is InChI=1S/C12H11ClN4O/c1-8-15-11(16-18-8)7-17(2)12-9(6-14)4-3-5-10(12)13/h3-5H,7H2,1-2H3. The van der Waals surface area contributed by atoms with E-state index in [4.69, 9.17) is 21.4 Å². The highest BCUT2D eigenvalue weighted by atomic mass is 35.5. The van der Waals surface area contributed by atoms with Crippen LogP contribution in [0, 0.1) is 18.3 Å². The van der Waals surface area contributed by atoms with Gasteiger partial charge in [0.2, 0.25) is 5.89 Å². The number of hydrogen-bond acceptors (Lipinski definition) is 5. The van der Waals surface area contributed by atoms with Gasteiger partial charge in [-0.15, -0.1) is 0 Å². The summed E-state index contributed by atoms with van der Waals surface area (Å²) in [6.45, 7) is 2.16. The number of halogens is 1. The summed E-state index contributed by atoms with van der Waals surface area (Å²) in [5.41, 5.74) is 1.19. The lowest BCUT2D eigenvalue weighted by atomic mass is 10.2. The Morgan fingerprint density at radius 2 is 2.28 bits per heavy atom. The molecule has 0 amide bonds. The van der Waals surface area contributed by atoms with Crippen molar-refractivity contribution in [1.29, 1.82) is 5.26 Å². The second kappa shape index (κ2) is 5.07. The molecule has 0 atom stereocenters. The average molecular weight is 263 g/mol. The van der Waals surface area contributed by atoms with Crippen molar-refractivity contribution in [3.05, 3.63) is 40.5 Å². The topological polar surface area (TPSA) is 66.0 Å². The molecular formula is C12H11ClN4O. The molecule has 0 aliphatic heterocycles. The van der Waals surface area contributed by atoms with Gasteiger partial charge in [-0.3, -0.25) is 0 Å². The molecule has 0 aliphatic rings. The first-order valence-corrected chi connectivity index (χ1v) is 5.68. The van der Waals surface area contributed by atoms with E-state index in [0.29, 0.717) is 34.5 Å². The molecule has 2 rings (SSSR count). The third kappa shape index (κ3) is 2.44. The van der Waals surface area contributed by atoms with Crippen molar-refractivity contribution in [2.75, 3.05) is 11.9 Å². The van der Waals surface area contributed by atoms with E-state index in [-0.39, 0.29) is 0 Å². The third-order valence-corrected chi connectivity index (χ3v) is 2.74. The Labute approximate surface area is 110 Å². The molecule has 5 nitrogen and oxygen atoms in total. The molecule has 1 aromatic heterocycles. The number of nitriles is 1. The maximum atomic E-state index is 9.08. The number of para-hydroxylation sites is 1.